The van der Waals surface area contributed by atoms with Gasteiger partial charge in [0.2, 0.25) is 5.91 Å². The van der Waals surface area contributed by atoms with Crippen LogP contribution in [0.3, 0.4) is 0 Å². The van der Waals surface area contributed by atoms with Gasteiger partial charge in [-0.2, -0.15) is 0 Å². The third-order valence-corrected chi connectivity index (χ3v) is 4.52. The largest absolute Gasteiger partial charge is 0.326 e. The molecule has 136 valence electrons. The summed E-state index contributed by atoms with van der Waals surface area (Å²) in [5.74, 6) is -0.259. The molecule has 0 fully saturated rings. The Bertz CT molecular complexity index is 925. The number of aryl methyl sites for hydroxylation is 1. The van der Waals surface area contributed by atoms with Crippen LogP contribution in [0.5, 0.6) is 0 Å². The normalized spacial score (nSPS) is 10.3. The van der Waals surface area contributed by atoms with Crippen molar-refractivity contribution in [3.8, 4) is 0 Å². The highest BCUT2D eigenvalue weighted by Crippen LogP contribution is 2.17. The van der Waals surface area contributed by atoms with Gasteiger partial charge < -0.3 is 10.6 Å². The quantitative estimate of drug-likeness (QED) is 0.567. The molecule has 3 aromatic rings. The van der Waals surface area contributed by atoms with E-state index in [4.69, 9.17) is 0 Å². The predicted molar refractivity (Wildman–Crippen MR) is 112 cm³/mol. The van der Waals surface area contributed by atoms with Gasteiger partial charge in [0.1, 0.15) is 0 Å². The summed E-state index contributed by atoms with van der Waals surface area (Å²) in [5.41, 5.74) is 2.98. The molecule has 0 radical (unpaired) electrons. The minimum atomic E-state index is -0.199. The van der Waals surface area contributed by atoms with Crippen LogP contribution in [0, 0.1) is 0 Å². The summed E-state index contributed by atoms with van der Waals surface area (Å²) in [6.45, 7) is 0. The highest BCUT2D eigenvalue weighted by Gasteiger charge is 2.08. The Morgan fingerprint density at radius 1 is 0.778 bits per heavy atom. The molecule has 2 N–H and O–H groups in total. The second-order valence-corrected chi connectivity index (χ2v) is 6.99. The van der Waals surface area contributed by atoms with E-state index < -0.39 is 0 Å². The first-order valence-corrected chi connectivity index (χ1v) is 9.40. The molecule has 0 aromatic heterocycles. The zero-order valence-corrected chi connectivity index (χ0v) is 16.2. The molecule has 3 rings (SSSR count). The lowest BCUT2D eigenvalue weighted by atomic mass is 10.1. The highest BCUT2D eigenvalue weighted by atomic mass is 79.9. The van der Waals surface area contributed by atoms with Crippen LogP contribution in [0.2, 0.25) is 0 Å². The van der Waals surface area contributed by atoms with Crippen molar-refractivity contribution in [3.05, 3.63) is 94.5 Å². The van der Waals surface area contributed by atoms with E-state index in [0.29, 0.717) is 29.8 Å². The number of halogens is 1. The van der Waals surface area contributed by atoms with Crippen LogP contribution in [0.1, 0.15) is 22.3 Å². The van der Waals surface area contributed by atoms with Gasteiger partial charge in [-0.25, -0.2) is 0 Å². The topological polar surface area (TPSA) is 58.2 Å². The van der Waals surface area contributed by atoms with E-state index in [2.05, 4.69) is 26.6 Å². The molecule has 0 spiro atoms. The molecule has 0 aliphatic rings. The van der Waals surface area contributed by atoms with Crippen LogP contribution in [-0.2, 0) is 11.2 Å². The molecular formula is C22H19BrN2O2. The van der Waals surface area contributed by atoms with Crippen LogP contribution >= 0.6 is 15.9 Å². The first-order chi connectivity index (χ1) is 13.1. The summed E-state index contributed by atoms with van der Waals surface area (Å²) in [5, 5.41) is 5.72. The molecule has 0 atom stereocenters. The fourth-order valence-electron chi connectivity index (χ4n) is 2.61. The number of carbonyl (C=O) groups is 2. The van der Waals surface area contributed by atoms with E-state index in [1.54, 1.807) is 36.4 Å². The fourth-order valence-corrected chi connectivity index (χ4v) is 2.87. The van der Waals surface area contributed by atoms with E-state index >= 15 is 0 Å². The van der Waals surface area contributed by atoms with Crippen molar-refractivity contribution >= 4 is 39.1 Å². The van der Waals surface area contributed by atoms with E-state index in [0.717, 1.165) is 10.0 Å². The zero-order chi connectivity index (χ0) is 19.1. The van der Waals surface area contributed by atoms with Gasteiger partial charge in [0.05, 0.1) is 0 Å². The lowest BCUT2D eigenvalue weighted by molar-refractivity contribution is -0.116. The van der Waals surface area contributed by atoms with Crippen LogP contribution < -0.4 is 10.6 Å². The molecular weight excluding hydrogens is 404 g/mol. The van der Waals surface area contributed by atoms with Gasteiger partial charge in [0, 0.05) is 27.8 Å². The summed E-state index contributed by atoms with van der Waals surface area (Å²) >= 11 is 3.35. The summed E-state index contributed by atoms with van der Waals surface area (Å²) in [6, 6.07) is 24.2. The van der Waals surface area contributed by atoms with Crippen molar-refractivity contribution in [3.63, 3.8) is 0 Å². The minimum Gasteiger partial charge on any atom is -0.326 e. The maximum atomic E-state index is 12.3. The lowest BCUT2D eigenvalue weighted by Crippen LogP contribution is -2.14. The van der Waals surface area contributed by atoms with Gasteiger partial charge in [-0.1, -0.05) is 52.3 Å². The van der Waals surface area contributed by atoms with Crippen LogP contribution in [0.25, 0.3) is 0 Å². The molecule has 0 unspecified atom stereocenters. The van der Waals surface area contributed by atoms with E-state index in [-0.39, 0.29) is 11.8 Å². The Balaban J connectivity index is 1.57. The average Bonchev–Trinajstić information content (AvgIpc) is 2.68. The first-order valence-electron chi connectivity index (χ1n) is 8.61. The number of benzene rings is 3. The van der Waals surface area contributed by atoms with Crippen molar-refractivity contribution in [1.29, 1.82) is 0 Å². The van der Waals surface area contributed by atoms with Crippen LogP contribution in [0.15, 0.2) is 83.3 Å². The molecule has 0 aliphatic carbocycles. The van der Waals surface area contributed by atoms with Crippen LogP contribution in [-0.4, -0.2) is 11.8 Å². The third-order valence-electron chi connectivity index (χ3n) is 3.99. The summed E-state index contributed by atoms with van der Waals surface area (Å²) < 4.78 is 0.916. The Morgan fingerprint density at radius 2 is 1.44 bits per heavy atom. The highest BCUT2D eigenvalue weighted by molar-refractivity contribution is 9.10. The van der Waals surface area contributed by atoms with Crippen LogP contribution in [0.4, 0.5) is 11.4 Å². The molecule has 0 saturated carbocycles. The molecule has 0 bridgehead atoms. The molecule has 2 amide bonds. The smallest absolute Gasteiger partial charge is 0.255 e. The molecule has 3 aromatic carbocycles. The number of rotatable bonds is 6. The van der Waals surface area contributed by atoms with Crippen molar-refractivity contribution in [1.82, 2.24) is 0 Å². The van der Waals surface area contributed by atoms with E-state index in [9.17, 15) is 9.59 Å². The third kappa shape index (κ3) is 5.79. The molecule has 5 heteroatoms. The molecule has 0 aliphatic heterocycles. The van der Waals surface area contributed by atoms with Crippen molar-refractivity contribution < 1.29 is 9.59 Å². The number of carbonyl (C=O) groups excluding carboxylic acids is 2. The predicted octanol–water partition coefficient (Wildman–Crippen LogP) is 5.27. The molecule has 0 heterocycles. The number of anilines is 2. The van der Waals surface area contributed by atoms with Gasteiger partial charge in [0.15, 0.2) is 0 Å². The Labute approximate surface area is 166 Å². The summed E-state index contributed by atoms with van der Waals surface area (Å²) in [7, 11) is 0. The van der Waals surface area contributed by atoms with Crippen molar-refractivity contribution in [2.75, 3.05) is 10.6 Å². The number of hydrogen-bond donors (Lipinski definition) is 2. The van der Waals surface area contributed by atoms with E-state index in [1.165, 1.54) is 0 Å². The molecule has 27 heavy (non-hydrogen) atoms. The maximum Gasteiger partial charge on any atom is 0.255 e. The minimum absolute atomic E-state index is 0.0600. The number of amides is 2. The molecule has 0 saturated heterocycles. The Kier molecular flexibility index (Phi) is 6.39. The van der Waals surface area contributed by atoms with Gasteiger partial charge >= 0.3 is 0 Å². The first kappa shape index (κ1) is 18.9. The van der Waals surface area contributed by atoms with Gasteiger partial charge in [-0.3, -0.25) is 9.59 Å². The SMILES string of the molecule is O=C(CCc1ccccc1)Nc1cccc(NC(=O)c2ccc(Br)cc2)c1. The lowest BCUT2D eigenvalue weighted by Gasteiger charge is -2.09. The van der Waals surface area contributed by atoms with Crippen molar-refractivity contribution in [2.45, 2.75) is 12.8 Å². The maximum absolute atomic E-state index is 12.3. The van der Waals surface area contributed by atoms with Gasteiger partial charge in [-0.05, 0) is 54.4 Å². The number of hydrogen-bond acceptors (Lipinski definition) is 2. The average molecular weight is 423 g/mol. The standard InChI is InChI=1S/C22H19BrN2O2/c23-18-12-10-17(11-13-18)22(27)25-20-8-4-7-19(15-20)24-21(26)14-9-16-5-2-1-3-6-16/h1-8,10-13,15H,9,14H2,(H,24,26)(H,25,27). The van der Waals surface area contributed by atoms with Gasteiger partial charge in [0.25, 0.3) is 5.91 Å². The molecule has 4 nitrogen and oxygen atoms in total. The summed E-state index contributed by atoms with van der Waals surface area (Å²) in [4.78, 5) is 24.5. The van der Waals surface area contributed by atoms with E-state index in [1.807, 2.05) is 42.5 Å². The number of nitrogens with one attached hydrogen (secondary N) is 2. The second-order valence-electron chi connectivity index (χ2n) is 6.08. The second kappa shape index (κ2) is 9.14. The fraction of sp³-hybridized carbons (Fsp3) is 0.0909. The Hall–Kier alpha value is -2.92. The Morgan fingerprint density at radius 3 is 2.15 bits per heavy atom. The summed E-state index contributed by atoms with van der Waals surface area (Å²) in [6.07, 6.45) is 1.09. The van der Waals surface area contributed by atoms with Crippen molar-refractivity contribution in [2.24, 2.45) is 0 Å². The van der Waals surface area contributed by atoms with Gasteiger partial charge in [-0.15, -0.1) is 0 Å². The monoisotopic (exact) mass is 422 g/mol. The zero-order valence-electron chi connectivity index (χ0n) is 14.6.